The molecule has 0 aromatic heterocycles. The van der Waals surface area contributed by atoms with Crippen molar-refractivity contribution in [1.82, 2.24) is 0 Å². The summed E-state index contributed by atoms with van der Waals surface area (Å²) in [5, 5.41) is 8.39. The minimum absolute atomic E-state index is 0.111. The van der Waals surface area contributed by atoms with Crippen molar-refractivity contribution < 1.29 is 19.4 Å². The van der Waals surface area contributed by atoms with Crippen LogP contribution in [0.4, 0.5) is 0 Å². The molecule has 0 amide bonds. The first-order valence-corrected chi connectivity index (χ1v) is 2.63. The van der Waals surface area contributed by atoms with Crippen molar-refractivity contribution in [3.63, 3.8) is 0 Å². The van der Waals surface area contributed by atoms with Gasteiger partial charge in [0, 0.05) is 0 Å². The largest absolute Gasteiger partial charge is 0.467 e. The molecular formula is C5H8O4. The lowest BCUT2D eigenvalue weighted by Crippen LogP contribution is -2.12. The number of ether oxygens (including phenoxy) is 2. The highest BCUT2D eigenvalue weighted by Crippen LogP contribution is 2.21. The Morgan fingerprint density at radius 1 is 1.89 bits per heavy atom. The third-order valence-electron chi connectivity index (χ3n) is 1.20. The zero-order valence-corrected chi connectivity index (χ0v) is 5.03. The number of epoxide rings is 1. The topological polar surface area (TPSA) is 59.1 Å². The number of rotatable bonds is 2. The Morgan fingerprint density at radius 3 is 2.89 bits per heavy atom. The second-order valence-corrected chi connectivity index (χ2v) is 1.80. The van der Waals surface area contributed by atoms with Gasteiger partial charge in [-0.15, -0.1) is 0 Å². The Balaban J connectivity index is 2.25. The fourth-order valence-electron chi connectivity index (χ4n) is 0.605. The first-order valence-electron chi connectivity index (χ1n) is 2.63. The zero-order chi connectivity index (χ0) is 6.85. The molecule has 1 saturated heterocycles. The molecule has 1 heterocycles. The Bertz CT molecular complexity index is 122. The quantitative estimate of drug-likeness (QED) is 0.383. The van der Waals surface area contributed by atoms with Crippen LogP contribution in [0, 0.1) is 0 Å². The van der Waals surface area contributed by atoms with Gasteiger partial charge in [0.25, 0.3) is 0 Å². The molecule has 2 atom stereocenters. The van der Waals surface area contributed by atoms with Gasteiger partial charge in [0.15, 0.2) is 6.10 Å². The molecule has 0 saturated carbocycles. The molecule has 1 rings (SSSR count). The van der Waals surface area contributed by atoms with E-state index in [1.165, 1.54) is 7.11 Å². The van der Waals surface area contributed by atoms with E-state index in [1.807, 2.05) is 0 Å². The second kappa shape index (κ2) is 2.33. The maximum atomic E-state index is 10.5. The molecule has 0 aliphatic carbocycles. The smallest absolute Gasteiger partial charge is 0.337 e. The molecule has 1 N–H and O–H groups in total. The summed E-state index contributed by atoms with van der Waals surface area (Å²) in [4.78, 5) is 10.5. The van der Waals surface area contributed by atoms with E-state index in [9.17, 15) is 4.79 Å². The molecule has 4 nitrogen and oxygen atoms in total. The van der Waals surface area contributed by atoms with Gasteiger partial charge in [0.1, 0.15) is 6.10 Å². The van der Waals surface area contributed by atoms with Gasteiger partial charge in [0.05, 0.1) is 13.7 Å². The van der Waals surface area contributed by atoms with Gasteiger partial charge in [-0.1, -0.05) is 0 Å². The minimum Gasteiger partial charge on any atom is -0.467 e. The predicted octanol–water partition coefficient (Wildman–Crippen LogP) is -1.08. The van der Waals surface area contributed by atoms with Crippen LogP contribution in [0.25, 0.3) is 0 Å². The van der Waals surface area contributed by atoms with Crippen molar-refractivity contribution in [2.24, 2.45) is 0 Å². The normalized spacial score (nSPS) is 31.8. The van der Waals surface area contributed by atoms with E-state index < -0.39 is 12.1 Å². The van der Waals surface area contributed by atoms with Crippen LogP contribution in [-0.2, 0) is 14.3 Å². The summed E-state index contributed by atoms with van der Waals surface area (Å²) in [6, 6.07) is 0. The van der Waals surface area contributed by atoms with Gasteiger partial charge in [-0.2, -0.15) is 0 Å². The standard InChI is InChI=1S/C5H8O4/c1-8-5(7)4-3(2-6)9-4/h3-4,6H,2H2,1H3/t3-,4+/m0/s1. The van der Waals surface area contributed by atoms with Crippen molar-refractivity contribution in [2.75, 3.05) is 13.7 Å². The minimum atomic E-state index is -0.514. The van der Waals surface area contributed by atoms with Crippen molar-refractivity contribution in [3.8, 4) is 0 Å². The molecule has 1 aliphatic heterocycles. The highest BCUT2D eigenvalue weighted by Gasteiger charge is 2.45. The molecule has 4 heteroatoms. The number of esters is 1. The van der Waals surface area contributed by atoms with Crippen LogP contribution in [0.15, 0.2) is 0 Å². The summed E-state index contributed by atoms with van der Waals surface area (Å²) in [5.74, 6) is -0.408. The molecule has 0 spiro atoms. The second-order valence-electron chi connectivity index (χ2n) is 1.80. The summed E-state index contributed by atoms with van der Waals surface area (Å²) in [6.45, 7) is -0.111. The third-order valence-corrected chi connectivity index (χ3v) is 1.20. The molecule has 0 unspecified atom stereocenters. The maximum Gasteiger partial charge on any atom is 0.337 e. The zero-order valence-electron chi connectivity index (χ0n) is 5.03. The van der Waals surface area contributed by atoms with Crippen LogP contribution in [-0.4, -0.2) is 37.0 Å². The van der Waals surface area contributed by atoms with E-state index >= 15 is 0 Å². The number of aliphatic hydroxyl groups is 1. The number of hydrogen-bond donors (Lipinski definition) is 1. The highest BCUT2D eigenvalue weighted by molar-refractivity contribution is 5.77. The van der Waals surface area contributed by atoms with E-state index in [1.54, 1.807) is 0 Å². The molecule has 0 radical (unpaired) electrons. The molecule has 0 bridgehead atoms. The van der Waals surface area contributed by atoms with Crippen molar-refractivity contribution >= 4 is 5.97 Å². The number of carbonyl (C=O) groups excluding carboxylic acids is 1. The lowest BCUT2D eigenvalue weighted by Gasteiger charge is -1.89. The predicted molar refractivity (Wildman–Crippen MR) is 27.8 cm³/mol. The summed E-state index contributed by atoms with van der Waals surface area (Å²) < 4.78 is 9.03. The molecule has 0 aromatic carbocycles. The Hall–Kier alpha value is -0.610. The summed E-state index contributed by atoms with van der Waals surface area (Å²) in [6.07, 6.45) is -0.836. The number of aliphatic hydroxyl groups excluding tert-OH is 1. The van der Waals surface area contributed by atoms with Crippen molar-refractivity contribution in [2.45, 2.75) is 12.2 Å². The van der Waals surface area contributed by atoms with Crippen LogP contribution < -0.4 is 0 Å². The molecular weight excluding hydrogens is 124 g/mol. The molecule has 1 fully saturated rings. The van der Waals surface area contributed by atoms with Crippen LogP contribution in [0.1, 0.15) is 0 Å². The fraction of sp³-hybridized carbons (Fsp3) is 0.800. The van der Waals surface area contributed by atoms with Gasteiger partial charge in [-0.3, -0.25) is 0 Å². The van der Waals surface area contributed by atoms with Crippen LogP contribution in [0.5, 0.6) is 0 Å². The summed E-state index contributed by atoms with van der Waals surface area (Å²) >= 11 is 0. The Labute approximate surface area is 52.4 Å². The van der Waals surface area contributed by atoms with E-state index in [2.05, 4.69) is 4.74 Å². The number of hydrogen-bond acceptors (Lipinski definition) is 4. The van der Waals surface area contributed by atoms with Gasteiger partial charge >= 0.3 is 5.97 Å². The molecule has 0 aromatic rings. The van der Waals surface area contributed by atoms with E-state index in [-0.39, 0.29) is 12.7 Å². The molecule has 9 heavy (non-hydrogen) atoms. The number of carbonyl (C=O) groups is 1. The van der Waals surface area contributed by atoms with Gasteiger partial charge in [-0.05, 0) is 0 Å². The van der Waals surface area contributed by atoms with Gasteiger partial charge in [0.2, 0.25) is 0 Å². The first-order chi connectivity index (χ1) is 4.29. The first kappa shape index (κ1) is 6.51. The molecule has 1 aliphatic rings. The van der Waals surface area contributed by atoms with Crippen LogP contribution in [0.3, 0.4) is 0 Å². The average Bonchev–Trinajstić information content (AvgIpc) is 2.64. The van der Waals surface area contributed by atoms with E-state index in [0.717, 1.165) is 0 Å². The number of methoxy groups -OCH3 is 1. The lowest BCUT2D eigenvalue weighted by atomic mass is 10.3. The monoisotopic (exact) mass is 132 g/mol. The van der Waals surface area contributed by atoms with E-state index in [4.69, 9.17) is 9.84 Å². The van der Waals surface area contributed by atoms with Crippen molar-refractivity contribution in [1.29, 1.82) is 0 Å². The van der Waals surface area contributed by atoms with Crippen molar-refractivity contribution in [3.05, 3.63) is 0 Å². The lowest BCUT2D eigenvalue weighted by molar-refractivity contribution is -0.142. The van der Waals surface area contributed by atoms with E-state index in [0.29, 0.717) is 0 Å². The fourth-order valence-corrected chi connectivity index (χ4v) is 0.605. The van der Waals surface area contributed by atoms with Crippen LogP contribution in [0.2, 0.25) is 0 Å². The average molecular weight is 132 g/mol. The van der Waals surface area contributed by atoms with Crippen LogP contribution >= 0.6 is 0 Å². The summed E-state index contributed by atoms with van der Waals surface area (Å²) in [7, 11) is 1.29. The van der Waals surface area contributed by atoms with Gasteiger partial charge in [-0.25, -0.2) is 4.79 Å². The third kappa shape index (κ3) is 1.20. The highest BCUT2D eigenvalue weighted by atomic mass is 16.6. The Kier molecular flexibility index (Phi) is 1.68. The molecule has 52 valence electrons. The summed E-state index contributed by atoms with van der Waals surface area (Å²) in [5.41, 5.74) is 0. The Morgan fingerprint density at radius 2 is 2.56 bits per heavy atom. The SMILES string of the molecule is COC(=O)[C@@H]1O[C@H]1CO. The maximum absolute atomic E-state index is 10.5. The van der Waals surface area contributed by atoms with Gasteiger partial charge < -0.3 is 14.6 Å².